The summed E-state index contributed by atoms with van der Waals surface area (Å²) in [6, 6.07) is 5.90. The van der Waals surface area contributed by atoms with Gasteiger partial charge in [-0.05, 0) is 61.6 Å². The Balaban J connectivity index is 1.56. The molecular weight excluding hydrogens is 420 g/mol. The van der Waals surface area contributed by atoms with Gasteiger partial charge in [-0.25, -0.2) is 9.97 Å². The Kier molecular flexibility index (Phi) is 3.73. The molecule has 1 aromatic heterocycles. The van der Waals surface area contributed by atoms with E-state index in [1.165, 1.54) is 0 Å². The number of hydrogen-bond donors (Lipinski definition) is 4. The highest BCUT2D eigenvalue weighted by Gasteiger charge is 2.85. The van der Waals surface area contributed by atoms with Crippen molar-refractivity contribution in [1.29, 1.82) is 0 Å². The van der Waals surface area contributed by atoms with Crippen LogP contribution in [0.1, 0.15) is 62.4 Å². The zero-order chi connectivity index (χ0) is 23.1. The van der Waals surface area contributed by atoms with Crippen LogP contribution in [-0.4, -0.2) is 61.1 Å². The summed E-state index contributed by atoms with van der Waals surface area (Å²) in [4.78, 5) is 9.96. The van der Waals surface area contributed by atoms with Gasteiger partial charge in [-0.15, -0.1) is 0 Å². The number of fused-ring (bicyclic) bond motifs is 5. The van der Waals surface area contributed by atoms with Gasteiger partial charge in [0.2, 0.25) is 5.79 Å². The van der Waals surface area contributed by atoms with E-state index in [0.717, 1.165) is 23.9 Å². The minimum Gasteiger partial charge on any atom is -0.392 e. The third-order valence-corrected chi connectivity index (χ3v) is 10.4. The minimum absolute atomic E-state index is 0.176. The van der Waals surface area contributed by atoms with Crippen molar-refractivity contribution in [2.24, 2.45) is 22.7 Å². The summed E-state index contributed by atoms with van der Waals surface area (Å²) in [7, 11) is 0. The molecule has 9 atom stereocenters. The molecule has 33 heavy (non-hydrogen) atoms. The fourth-order valence-electron chi connectivity index (χ4n) is 9.15. The Labute approximate surface area is 192 Å². The highest BCUT2D eigenvalue weighted by atomic mass is 16.6. The van der Waals surface area contributed by atoms with Crippen molar-refractivity contribution in [3.63, 3.8) is 0 Å². The molecule has 5 fully saturated rings. The fourth-order valence-corrected chi connectivity index (χ4v) is 9.15. The van der Waals surface area contributed by atoms with Gasteiger partial charge in [0.15, 0.2) is 0 Å². The molecule has 4 aliphatic carbocycles. The maximum Gasteiger partial charge on any atom is 0.206 e. The molecule has 0 amide bonds. The summed E-state index contributed by atoms with van der Waals surface area (Å²) in [5.41, 5.74) is 1.41. The topological polar surface area (TPSA) is 116 Å². The molecule has 3 unspecified atom stereocenters. The third-order valence-electron chi connectivity index (χ3n) is 10.4. The zero-order valence-corrected chi connectivity index (χ0v) is 19.3. The van der Waals surface area contributed by atoms with Crippen LogP contribution in [0.25, 0.3) is 11.0 Å². The smallest absolute Gasteiger partial charge is 0.206 e. The second-order valence-electron chi connectivity index (χ2n) is 12.1. The minimum atomic E-state index is -1.99. The molecule has 2 aromatic rings. The number of aryl methyl sites for hydroxylation is 1. The number of aliphatic hydroxyl groups excluding tert-OH is 3. The molecule has 3 heterocycles. The van der Waals surface area contributed by atoms with E-state index in [-0.39, 0.29) is 29.8 Å². The fraction of sp³-hybridized carbons (Fsp3) is 0.692. The van der Waals surface area contributed by atoms with Crippen LogP contribution in [-0.2, 0) is 10.2 Å². The van der Waals surface area contributed by atoms with Crippen molar-refractivity contribution >= 4 is 11.0 Å². The van der Waals surface area contributed by atoms with Crippen molar-refractivity contribution in [3.05, 3.63) is 35.2 Å². The van der Waals surface area contributed by atoms with Gasteiger partial charge < -0.3 is 25.2 Å². The SMILES string of the molecule is Cc1ccc2nc3c(nc2c1)C12C(CC[C@@H]3[C@H]1O)[C@@]13CO[C@@]2(O)[C@@H](O)C1C(C)(C)CC[C@@H]3O. The van der Waals surface area contributed by atoms with Gasteiger partial charge in [0.25, 0.3) is 0 Å². The Morgan fingerprint density at radius 3 is 2.58 bits per heavy atom. The normalized spacial score (nSPS) is 48.9. The van der Waals surface area contributed by atoms with E-state index in [9.17, 15) is 20.4 Å². The highest BCUT2D eigenvalue weighted by molar-refractivity contribution is 5.76. The van der Waals surface area contributed by atoms with E-state index in [4.69, 9.17) is 14.7 Å². The predicted octanol–water partition coefficient (Wildman–Crippen LogP) is 1.92. The molecular formula is C26H32N2O5. The molecule has 4 bridgehead atoms. The lowest BCUT2D eigenvalue weighted by Gasteiger charge is -2.75. The molecule has 176 valence electrons. The first-order valence-electron chi connectivity index (χ1n) is 12.3. The molecule has 2 aliphatic heterocycles. The molecule has 1 aromatic carbocycles. The average molecular weight is 453 g/mol. The largest absolute Gasteiger partial charge is 0.392 e. The van der Waals surface area contributed by atoms with Crippen LogP contribution in [0.3, 0.4) is 0 Å². The first-order chi connectivity index (χ1) is 15.6. The summed E-state index contributed by atoms with van der Waals surface area (Å²) in [6.07, 6.45) is -0.114. The van der Waals surface area contributed by atoms with Crippen LogP contribution in [0.2, 0.25) is 0 Å². The molecule has 0 radical (unpaired) electrons. The van der Waals surface area contributed by atoms with Crippen LogP contribution < -0.4 is 0 Å². The first-order valence-corrected chi connectivity index (χ1v) is 12.3. The Hall–Kier alpha value is -1.64. The van der Waals surface area contributed by atoms with Crippen molar-refractivity contribution < 1.29 is 25.2 Å². The third kappa shape index (κ3) is 2.00. The standard InChI is InChI=1S/C26H32N2O5/c1-12-4-6-14-15(10-12)28-20-18(27-14)13-5-7-16-24-11-33-26(32,25(16,20)21(13)30)22(31)19(24)23(2,3)9-8-17(24)29/h4,6,10,13,16-17,19,21-22,29-32H,5,7-9,11H2,1-3H3/t13-,16?,17-,19?,21+,22-,24+,25?,26-/m0/s1. The number of nitrogens with zero attached hydrogens (tertiary/aromatic N) is 2. The summed E-state index contributed by atoms with van der Waals surface area (Å²) in [6.45, 7) is 6.41. The van der Waals surface area contributed by atoms with E-state index in [2.05, 4.69) is 13.8 Å². The van der Waals surface area contributed by atoms with Gasteiger partial charge in [0.1, 0.15) is 11.5 Å². The van der Waals surface area contributed by atoms with Crippen LogP contribution in [0.15, 0.2) is 18.2 Å². The molecule has 7 nitrogen and oxygen atoms in total. The zero-order valence-electron chi connectivity index (χ0n) is 19.3. The summed E-state index contributed by atoms with van der Waals surface area (Å²) < 4.78 is 6.17. The van der Waals surface area contributed by atoms with Crippen LogP contribution >= 0.6 is 0 Å². The Bertz CT molecular complexity index is 1200. The number of aromatic nitrogens is 2. The molecule has 8 rings (SSSR count). The van der Waals surface area contributed by atoms with Gasteiger partial charge in [-0.2, -0.15) is 0 Å². The van der Waals surface area contributed by atoms with Gasteiger partial charge in [-0.3, -0.25) is 0 Å². The predicted molar refractivity (Wildman–Crippen MR) is 119 cm³/mol. The molecule has 2 spiro atoms. The lowest BCUT2D eigenvalue weighted by Crippen LogP contribution is -2.86. The van der Waals surface area contributed by atoms with Crippen molar-refractivity contribution in [2.75, 3.05) is 6.61 Å². The van der Waals surface area contributed by atoms with Crippen molar-refractivity contribution in [3.8, 4) is 0 Å². The van der Waals surface area contributed by atoms with E-state index < -0.39 is 34.9 Å². The van der Waals surface area contributed by atoms with E-state index in [1.807, 2.05) is 25.1 Å². The maximum absolute atomic E-state index is 12.3. The second-order valence-corrected chi connectivity index (χ2v) is 12.1. The van der Waals surface area contributed by atoms with Gasteiger partial charge in [0, 0.05) is 17.3 Å². The second kappa shape index (κ2) is 5.94. The Morgan fingerprint density at radius 2 is 1.79 bits per heavy atom. The lowest BCUT2D eigenvalue weighted by molar-refractivity contribution is -0.449. The van der Waals surface area contributed by atoms with Gasteiger partial charge in [0.05, 0.1) is 41.2 Å². The monoisotopic (exact) mass is 452 g/mol. The first kappa shape index (κ1) is 20.7. The average Bonchev–Trinajstić information content (AvgIpc) is 2.89. The number of rotatable bonds is 0. The number of aliphatic hydroxyl groups is 4. The van der Waals surface area contributed by atoms with Crippen molar-refractivity contribution in [2.45, 2.75) is 81.9 Å². The molecule has 2 saturated heterocycles. The van der Waals surface area contributed by atoms with Crippen LogP contribution in [0, 0.1) is 29.6 Å². The molecule has 4 N–H and O–H groups in total. The Morgan fingerprint density at radius 1 is 1.00 bits per heavy atom. The summed E-state index contributed by atoms with van der Waals surface area (Å²) in [5.74, 6) is -2.88. The van der Waals surface area contributed by atoms with Crippen LogP contribution in [0.4, 0.5) is 0 Å². The highest BCUT2D eigenvalue weighted by Crippen LogP contribution is 2.76. The molecule has 7 heteroatoms. The van der Waals surface area contributed by atoms with E-state index >= 15 is 0 Å². The quantitative estimate of drug-likeness (QED) is 0.483. The number of benzene rings is 1. The summed E-state index contributed by atoms with van der Waals surface area (Å²) in [5, 5.41) is 47.5. The van der Waals surface area contributed by atoms with Gasteiger partial charge in [-0.1, -0.05) is 19.9 Å². The lowest BCUT2D eigenvalue weighted by atomic mass is 9.35. The molecule has 3 saturated carbocycles. The van der Waals surface area contributed by atoms with E-state index in [1.54, 1.807) is 0 Å². The summed E-state index contributed by atoms with van der Waals surface area (Å²) >= 11 is 0. The van der Waals surface area contributed by atoms with Gasteiger partial charge >= 0.3 is 0 Å². The van der Waals surface area contributed by atoms with Crippen LogP contribution in [0.5, 0.6) is 0 Å². The molecule has 6 aliphatic rings. The van der Waals surface area contributed by atoms with Crippen molar-refractivity contribution in [1.82, 2.24) is 9.97 Å². The number of hydrogen-bond acceptors (Lipinski definition) is 7. The number of ether oxygens (including phenoxy) is 1. The van der Waals surface area contributed by atoms with E-state index in [0.29, 0.717) is 29.7 Å². The maximum atomic E-state index is 12.3.